The van der Waals surface area contributed by atoms with Gasteiger partial charge in [0, 0.05) is 5.56 Å². The van der Waals surface area contributed by atoms with E-state index in [0.717, 1.165) is 11.1 Å². The van der Waals surface area contributed by atoms with Gasteiger partial charge in [-0.25, -0.2) is 5.01 Å². The van der Waals surface area contributed by atoms with Crippen molar-refractivity contribution < 1.29 is 19.4 Å². The minimum Gasteiger partial charge on any atom is -0.481 e. The highest BCUT2D eigenvalue weighted by atomic mass is 16.5. The second kappa shape index (κ2) is 6.95. The molecule has 0 aliphatic carbocycles. The Labute approximate surface area is 139 Å². The fraction of sp³-hybridized carbons (Fsp3) is 0.167. The maximum absolute atomic E-state index is 12.0. The van der Waals surface area contributed by atoms with E-state index in [1.165, 1.54) is 5.01 Å². The summed E-state index contributed by atoms with van der Waals surface area (Å²) in [6.45, 7) is 0.261. The van der Waals surface area contributed by atoms with Gasteiger partial charge in [0.05, 0.1) is 13.0 Å². The fourth-order valence-corrected chi connectivity index (χ4v) is 2.35. The van der Waals surface area contributed by atoms with Crippen LogP contribution < -0.4 is 0 Å². The molecule has 122 valence electrons. The molecule has 2 aromatic rings. The lowest BCUT2D eigenvalue weighted by atomic mass is 10.1. The van der Waals surface area contributed by atoms with Crippen LogP contribution in [0.15, 0.2) is 59.7 Å². The minimum absolute atomic E-state index is 0.0208. The molecular formula is C18H16N2O4. The van der Waals surface area contributed by atoms with Crippen molar-refractivity contribution in [3.63, 3.8) is 0 Å². The average Bonchev–Trinajstić information content (AvgIpc) is 2.59. The first-order valence-electron chi connectivity index (χ1n) is 7.48. The zero-order valence-corrected chi connectivity index (χ0v) is 12.9. The van der Waals surface area contributed by atoms with Crippen LogP contribution in [0.1, 0.15) is 16.7 Å². The van der Waals surface area contributed by atoms with Crippen LogP contribution in [0.2, 0.25) is 0 Å². The number of nitrogens with zero attached hydrogens (tertiary/aromatic N) is 2. The molecule has 1 heterocycles. The first-order valence-corrected chi connectivity index (χ1v) is 7.48. The van der Waals surface area contributed by atoms with E-state index in [9.17, 15) is 9.59 Å². The Morgan fingerprint density at radius 3 is 2.42 bits per heavy atom. The van der Waals surface area contributed by atoms with E-state index in [2.05, 4.69) is 5.10 Å². The summed E-state index contributed by atoms with van der Waals surface area (Å²) < 4.78 is 5.40. The summed E-state index contributed by atoms with van der Waals surface area (Å²) in [5, 5.41) is 14.4. The lowest BCUT2D eigenvalue weighted by Crippen LogP contribution is -2.36. The van der Waals surface area contributed by atoms with Crippen LogP contribution in [0, 0.1) is 0 Å². The Morgan fingerprint density at radius 2 is 1.75 bits per heavy atom. The Kier molecular flexibility index (Phi) is 4.56. The number of hydrogen-bond donors (Lipinski definition) is 1. The zero-order chi connectivity index (χ0) is 16.9. The normalized spacial score (nSPS) is 14.1. The van der Waals surface area contributed by atoms with Crippen LogP contribution in [0.3, 0.4) is 0 Å². The highest BCUT2D eigenvalue weighted by Gasteiger charge is 2.22. The molecule has 6 heteroatoms. The van der Waals surface area contributed by atoms with Crippen LogP contribution in [-0.2, 0) is 27.3 Å². The highest BCUT2D eigenvalue weighted by Crippen LogP contribution is 2.14. The van der Waals surface area contributed by atoms with Gasteiger partial charge in [0.25, 0.3) is 5.91 Å². The molecule has 0 saturated heterocycles. The number of hydrazone groups is 1. The Hall–Kier alpha value is -3.15. The van der Waals surface area contributed by atoms with Gasteiger partial charge in [-0.05, 0) is 23.3 Å². The van der Waals surface area contributed by atoms with E-state index < -0.39 is 5.97 Å². The van der Waals surface area contributed by atoms with Gasteiger partial charge in [-0.1, -0.05) is 42.5 Å². The quantitative estimate of drug-likeness (QED) is 0.913. The van der Waals surface area contributed by atoms with E-state index in [1.54, 1.807) is 24.3 Å². The second-order valence-corrected chi connectivity index (χ2v) is 5.40. The van der Waals surface area contributed by atoms with Gasteiger partial charge in [-0.15, -0.1) is 5.10 Å². The number of hydrogen-bond acceptors (Lipinski definition) is 4. The Balaban J connectivity index is 1.75. The predicted octanol–water partition coefficient (Wildman–Crippen LogP) is 2.03. The summed E-state index contributed by atoms with van der Waals surface area (Å²) in [4.78, 5) is 22.7. The van der Waals surface area contributed by atoms with Crippen molar-refractivity contribution in [2.24, 2.45) is 5.10 Å². The molecule has 0 saturated carbocycles. The molecular weight excluding hydrogens is 308 g/mol. The van der Waals surface area contributed by atoms with Crippen molar-refractivity contribution in [3.8, 4) is 0 Å². The van der Waals surface area contributed by atoms with E-state index in [4.69, 9.17) is 9.84 Å². The van der Waals surface area contributed by atoms with Crippen molar-refractivity contribution in [1.82, 2.24) is 5.01 Å². The van der Waals surface area contributed by atoms with Crippen molar-refractivity contribution >= 4 is 17.8 Å². The third-order valence-corrected chi connectivity index (χ3v) is 3.56. The summed E-state index contributed by atoms with van der Waals surface area (Å²) in [5.41, 5.74) is 2.40. The second-order valence-electron chi connectivity index (χ2n) is 5.40. The number of rotatable bonds is 5. The van der Waals surface area contributed by atoms with Gasteiger partial charge in [-0.2, -0.15) is 0 Å². The monoisotopic (exact) mass is 324 g/mol. The molecule has 2 aromatic carbocycles. The molecule has 0 radical (unpaired) electrons. The summed E-state index contributed by atoms with van der Waals surface area (Å²) in [7, 11) is 0. The number of ether oxygens (including phenoxy) is 1. The minimum atomic E-state index is -0.872. The van der Waals surface area contributed by atoms with Crippen LogP contribution in [0.25, 0.3) is 0 Å². The SMILES string of the molecule is O=C(O)Cc1ccc(CN2N=C(c3ccccc3)OCC2=O)cc1. The number of aliphatic carboxylic acids is 1. The number of benzene rings is 2. The maximum Gasteiger partial charge on any atom is 0.307 e. The van der Waals surface area contributed by atoms with Crippen LogP contribution in [-0.4, -0.2) is 34.5 Å². The average molecular weight is 324 g/mol. The molecule has 1 N–H and O–H groups in total. The lowest BCUT2D eigenvalue weighted by Gasteiger charge is -2.24. The summed E-state index contributed by atoms with van der Waals surface area (Å²) in [6, 6.07) is 16.5. The summed E-state index contributed by atoms with van der Waals surface area (Å²) >= 11 is 0. The molecule has 0 atom stereocenters. The summed E-state index contributed by atoms with van der Waals surface area (Å²) in [6.07, 6.45) is -0.0208. The highest BCUT2D eigenvalue weighted by molar-refractivity contribution is 5.97. The fourth-order valence-electron chi connectivity index (χ4n) is 2.35. The molecule has 0 fully saturated rings. The molecule has 1 amide bonds. The van der Waals surface area contributed by atoms with E-state index >= 15 is 0 Å². The Morgan fingerprint density at radius 1 is 1.08 bits per heavy atom. The molecule has 24 heavy (non-hydrogen) atoms. The molecule has 3 rings (SSSR count). The molecule has 6 nitrogen and oxygen atoms in total. The van der Waals surface area contributed by atoms with Crippen molar-refractivity contribution in [1.29, 1.82) is 0 Å². The number of carbonyl (C=O) groups excluding carboxylic acids is 1. The third-order valence-electron chi connectivity index (χ3n) is 3.56. The van der Waals surface area contributed by atoms with Crippen molar-refractivity contribution in [2.75, 3.05) is 6.61 Å². The first-order chi connectivity index (χ1) is 11.6. The van der Waals surface area contributed by atoms with Crippen LogP contribution in [0.4, 0.5) is 0 Å². The Bertz CT molecular complexity index is 769. The molecule has 1 aliphatic heterocycles. The third kappa shape index (κ3) is 3.78. The standard InChI is InChI=1S/C18H16N2O4/c21-16-12-24-18(15-4-2-1-3-5-15)19-20(16)11-14-8-6-13(7-9-14)10-17(22)23/h1-9H,10-12H2,(H,22,23). The molecule has 0 unspecified atom stereocenters. The maximum atomic E-state index is 12.0. The molecule has 0 bridgehead atoms. The van der Waals surface area contributed by atoms with Crippen LogP contribution >= 0.6 is 0 Å². The largest absolute Gasteiger partial charge is 0.481 e. The van der Waals surface area contributed by atoms with Gasteiger partial charge >= 0.3 is 5.97 Å². The zero-order valence-electron chi connectivity index (χ0n) is 12.9. The smallest absolute Gasteiger partial charge is 0.307 e. The van der Waals surface area contributed by atoms with Gasteiger partial charge in [0.2, 0.25) is 5.90 Å². The number of carbonyl (C=O) groups is 2. The van der Waals surface area contributed by atoms with Crippen molar-refractivity contribution in [2.45, 2.75) is 13.0 Å². The van der Waals surface area contributed by atoms with E-state index in [-0.39, 0.29) is 18.9 Å². The first kappa shape index (κ1) is 15.7. The summed E-state index contributed by atoms with van der Waals surface area (Å²) in [5.74, 6) is -0.676. The van der Waals surface area contributed by atoms with E-state index in [0.29, 0.717) is 18.0 Å². The molecule has 0 spiro atoms. The van der Waals surface area contributed by atoms with Gasteiger partial charge in [0.15, 0.2) is 6.61 Å². The van der Waals surface area contributed by atoms with E-state index in [1.807, 2.05) is 30.3 Å². The number of carboxylic acid groups (broad SMARTS) is 1. The molecule has 0 aromatic heterocycles. The lowest BCUT2D eigenvalue weighted by molar-refractivity contribution is -0.137. The van der Waals surface area contributed by atoms with Crippen LogP contribution in [0.5, 0.6) is 0 Å². The van der Waals surface area contributed by atoms with Gasteiger partial charge in [0.1, 0.15) is 0 Å². The predicted molar refractivity (Wildman–Crippen MR) is 87.3 cm³/mol. The van der Waals surface area contributed by atoms with Gasteiger partial charge < -0.3 is 9.84 Å². The topological polar surface area (TPSA) is 79.2 Å². The van der Waals surface area contributed by atoms with Gasteiger partial charge in [-0.3, -0.25) is 9.59 Å². The molecule has 1 aliphatic rings. The number of amides is 1. The van der Waals surface area contributed by atoms with Crippen molar-refractivity contribution in [3.05, 3.63) is 71.3 Å². The number of carboxylic acids is 1.